The van der Waals surface area contributed by atoms with Crippen molar-refractivity contribution >= 4 is 12.2 Å². The van der Waals surface area contributed by atoms with Crippen molar-refractivity contribution in [2.75, 3.05) is 20.5 Å². The van der Waals surface area contributed by atoms with Crippen LogP contribution >= 0.6 is 0 Å². The van der Waals surface area contributed by atoms with Crippen LogP contribution in [0.25, 0.3) is 0 Å². The molecule has 1 aromatic rings. The number of amides is 2. The average Bonchev–Trinajstić information content (AvgIpc) is 3.75. The van der Waals surface area contributed by atoms with Crippen molar-refractivity contribution in [1.82, 2.24) is 4.90 Å². The minimum absolute atomic E-state index is 0.00451. The Kier molecular flexibility index (Phi) is 6.72. The van der Waals surface area contributed by atoms with Gasteiger partial charge < -0.3 is 43.4 Å². The molecule has 5 rings (SSSR count). The highest BCUT2D eigenvalue weighted by atomic mass is 16.7. The number of methoxy groups -OCH3 is 1. The zero-order valence-electron chi connectivity index (χ0n) is 21.2. The van der Waals surface area contributed by atoms with E-state index in [4.69, 9.17) is 33.2 Å². The number of aliphatic hydroxyl groups is 2. The van der Waals surface area contributed by atoms with Gasteiger partial charge in [0.05, 0.1) is 6.61 Å². The lowest BCUT2D eigenvalue weighted by molar-refractivity contribution is -0.167. The van der Waals surface area contributed by atoms with Crippen LogP contribution in [0.4, 0.5) is 9.59 Å². The first-order valence-electron chi connectivity index (χ1n) is 12.2. The monoisotopic (exact) mass is 523 g/mol. The molecule has 12 heteroatoms. The lowest BCUT2D eigenvalue weighted by Crippen LogP contribution is -2.58. The van der Waals surface area contributed by atoms with E-state index >= 15 is 0 Å². The van der Waals surface area contributed by atoms with Gasteiger partial charge in [0.15, 0.2) is 6.29 Å². The second-order valence-corrected chi connectivity index (χ2v) is 10.8. The number of ether oxygens (including phenoxy) is 7. The van der Waals surface area contributed by atoms with E-state index in [9.17, 15) is 19.8 Å². The fourth-order valence-corrected chi connectivity index (χ4v) is 5.31. The summed E-state index contributed by atoms with van der Waals surface area (Å²) in [5, 5.41) is 22.1. The standard InChI is InChI=1S/C25H33NO11/c1-23(2,3)37-22(29)26(21(28)33-11-14-8-6-5-7-9-14)15-10-25(36-20(15)27)18-16(34-18)24(30,12-32-13-31-4)17-19(25)35-17/h5-9,15-20,27,30H,10-13H2,1-4H3/t15-,16-,17+,18+,19-,20+,24?,25?/m0/s1. The van der Waals surface area contributed by atoms with Crippen LogP contribution in [0.5, 0.6) is 0 Å². The van der Waals surface area contributed by atoms with Gasteiger partial charge in [-0.15, -0.1) is 0 Å². The van der Waals surface area contributed by atoms with Crippen LogP contribution in [0.15, 0.2) is 30.3 Å². The first-order chi connectivity index (χ1) is 17.5. The molecule has 2 unspecified atom stereocenters. The number of imide groups is 1. The van der Waals surface area contributed by atoms with E-state index in [1.807, 2.05) is 6.07 Å². The SMILES string of the molecule is COCOCC1(O)[C@@H]2O[C@@H]2C2(C[C@H](N(C(=O)OCc3ccccc3)C(=O)OC(C)(C)C)[C@H](O)O2)[C@@H]2O[C@@H]21. The highest BCUT2D eigenvalue weighted by Gasteiger charge is 2.84. The number of fused-ring (bicyclic) bond motifs is 4. The van der Waals surface area contributed by atoms with Crippen molar-refractivity contribution in [1.29, 1.82) is 0 Å². The van der Waals surface area contributed by atoms with Gasteiger partial charge in [-0.1, -0.05) is 30.3 Å². The average molecular weight is 524 g/mol. The Morgan fingerprint density at radius 3 is 2.32 bits per heavy atom. The number of epoxide rings is 2. The highest BCUT2D eigenvalue weighted by Crippen LogP contribution is 2.62. The van der Waals surface area contributed by atoms with Gasteiger partial charge in [0, 0.05) is 13.5 Å². The van der Waals surface area contributed by atoms with Crippen LogP contribution in [0.1, 0.15) is 32.8 Å². The number of hydrogen-bond donors (Lipinski definition) is 2. The van der Waals surface area contributed by atoms with Gasteiger partial charge >= 0.3 is 12.2 Å². The van der Waals surface area contributed by atoms with Crippen LogP contribution in [0, 0.1) is 0 Å². The summed E-state index contributed by atoms with van der Waals surface area (Å²) in [6, 6.07) is 7.86. The lowest BCUT2D eigenvalue weighted by Gasteiger charge is -2.34. The molecule has 3 heterocycles. The molecule has 2 N–H and O–H groups in total. The molecular formula is C25H33NO11. The molecule has 204 valence electrons. The predicted molar refractivity (Wildman–Crippen MR) is 123 cm³/mol. The van der Waals surface area contributed by atoms with Gasteiger partial charge in [0.25, 0.3) is 0 Å². The molecule has 1 spiro atoms. The topological polar surface area (TPSA) is 149 Å². The normalized spacial score (nSPS) is 37.5. The van der Waals surface area contributed by atoms with Gasteiger partial charge in [-0.2, -0.15) is 0 Å². The molecular weight excluding hydrogens is 490 g/mol. The molecule has 0 radical (unpaired) electrons. The Labute approximate surface area is 214 Å². The third kappa shape index (κ3) is 4.83. The fraction of sp³-hybridized carbons (Fsp3) is 0.680. The minimum atomic E-state index is -1.55. The van der Waals surface area contributed by atoms with Crippen molar-refractivity contribution in [3.63, 3.8) is 0 Å². The third-order valence-electron chi connectivity index (χ3n) is 6.99. The second kappa shape index (κ2) is 9.45. The maximum atomic E-state index is 13.2. The number of benzene rings is 1. The van der Waals surface area contributed by atoms with E-state index in [0.29, 0.717) is 0 Å². The molecule has 37 heavy (non-hydrogen) atoms. The van der Waals surface area contributed by atoms with E-state index < -0.39 is 65.7 Å². The Hall–Kier alpha value is -2.32. The van der Waals surface area contributed by atoms with Gasteiger partial charge in [-0.05, 0) is 26.3 Å². The number of carbonyl (C=O) groups is 2. The minimum Gasteiger partial charge on any atom is -0.444 e. The molecule has 1 saturated carbocycles. The molecule has 2 amide bonds. The number of aliphatic hydroxyl groups excluding tert-OH is 1. The summed E-state index contributed by atoms with van der Waals surface area (Å²) in [6.07, 6.45) is -6.10. The smallest absolute Gasteiger partial charge is 0.420 e. The van der Waals surface area contributed by atoms with Crippen molar-refractivity contribution in [3.05, 3.63) is 35.9 Å². The number of nitrogens with zero attached hydrogens (tertiary/aromatic N) is 1. The lowest BCUT2D eigenvalue weighted by atomic mass is 9.74. The van der Waals surface area contributed by atoms with Crippen molar-refractivity contribution < 1.29 is 53.0 Å². The van der Waals surface area contributed by atoms with Gasteiger partial charge in [0.1, 0.15) is 60.7 Å². The summed E-state index contributed by atoms with van der Waals surface area (Å²) in [5.41, 5.74) is -2.76. The Balaban J connectivity index is 1.34. The molecule has 3 aliphatic heterocycles. The summed E-state index contributed by atoms with van der Waals surface area (Å²) in [6.45, 7) is 4.85. The van der Waals surface area contributed by atoms with E-state index in [-0.39, 0.29) is 26.4 Å². The number of carbonyl (C=O) groups excluding carboxylic acids is 2. The molecule has 12 nitrogen and oxygen atoms in total. The highest BCUT2D eigenvalue weighted by molar-refractivity contribution is 5.88. The zero-order chi connectivity index (χ0) is 26.6. The number of hydrogen-bond acceptors (Lipinski definition) is 11. The maximum absolute atomic E-state index is 13.2. The van der Waals surface area contributed by atoms with E-state index in [0.717, 1.165) is 10.5 Å². The third-order valence-corrected chi connectivity index (χ3v) is 6.99. The van der Waals surface area contributed by atoms with Crippen molar-refractivity contribution in [3.8, 4) is 0 Å². The molecule has 0 aromatic heterocycles. The van der Waals surface area contributed by atoms with Crippen molar-refractivity contribution in [2.45, 2.75) is 87.3 Å². The molecule has 1 aromatic carbocycles. The molecule has 3 saturated heterocycles. The maximum Gasteiger partial charge on any atom is 0.420 e. The van der Waals surface area contributed by atoms with Crippen LogP contribution < -0.4 is 0 Å². The Bertz CT molecular complexity index is 994. The molecule has 1 aliphatic carbocycles. The summed E-state index contributed by atoms with van der Waals surface area (Å²) in [4.78, 5) is 27.1. The quantitative estimate of drug-likeness (QED) is 0.303. The van der Waals surface area contributed by atoms with Crippen molar-refractivity contribution in [2.24, 2.45) is 0 Å². The van der Waals surface area contributed by atoms with Crippen LogP contribution in [0.3, 0.4) is 0 Å². The van der Waals surface area contributed by atoms with Gasteiger partial charge in [-0.3, -0.25) is 0 Å². The largest absolute Gasteiger partial charge is 0.444 e. The fourth-order valence-electron chi connectivity index (χ4n) is 5.31. The van der Waals surface area contributed by atoms with E-state index in [1.54, 1.807) is 45.0 Å². The summed E-state index contributed by atoms with van der Waals surface area (Å²) in [5.74, 6) is 0. The Morgan fingerprint density at radius 2 is 1.73 bits per heavy atom. The summed E-state index contributed by atoms with van der Waals surface area (Å²) < 4.78 is 38.7. The van der Waals surface area contributed by atoms with Crippen LogP contribution in [-0.2, 0) is 39.8 Å². The Morgan fingerprint density at radius 1 is 1.08 bits per heavy atom. The first kappa shape index (κ1) is 26.3. The summed E-state index contributed by atoms with van der Waals surface area (Å²) in [7, 11) is 1.47. The van der Waals surface area contributed by atoms with Gasteiger partial charge in [-0.25, -0.2) is 14.5 Å². The van der Waals surface area contributed by atoms with Gasteiger partial charge in [0.2, 0.25) is 0 Å². The first-order valence-corrected chi connectivity index (χ1v) is 12.2. The van der Waals surface area contributed by atoms with Crippen LogP contribution in [-0.4, -0.2) is 101 Å². The van der Waals surface area contributed by atoms with Crippen LogP contribution in [0.2, 0.25) is 0 Å². The molecule has 0 bridgehead atoms. The van der Waals surface area contributed by atoms with E-state index in [1.165, 1.54) is 7.11 Å². The second-order valence-electron chi connectivity index (χ2n) is 10.8. The summed E-state index contributed by atoms with van der Waals surface area (Å²) >= 11 is 0. The molecule has 4 aliphatic rings. The predicted octanol–water partition coefficient (Wildman–Crippen LogP) is 1.31. The number of rotatable bonds is 7. The van der Waals surface area contributed by atoms with E-state index in [2.05, 4.69) is 0 Å². The zero-order valence-corrected chi connectivity index (χ0v) is 21.2. The molecule has 8 atom stereocenters. The molecule has 4 fully saturated rings.